The van der Waals surface area contributed by atoms with Crippen LogP contribution >= 0.6 is 0 Å². The summed E-state index contributed by atoms with van der Waals surface area (Å²) in [7, 11) is -3.43. The number of halogens is 3. The van der Waals surface area contributed by atoms with E-state index >= 15 is 0 Å². The third kappa shape index (κ3) is 4.77. The van der Waals surface area contributed by atoms with Gasteiger partial charge in [-0.05, 0) is 42.5 Å². The lowest BCUT2D eigenvalue weighted by Crippen LogP contribution is -2.59. The summed E-state index contributed by atoms with van der Waals surface area (Å²) in [4.78, 5) is 36.2. The Balaban J connectivity index is 1.69. The number of ether oxygens (including phenoxy) is 1. The predicted molar refractivity (Wildman–Crippen MR) is 99.9 cm³/mol. The first-order valence-corrected chi connectivity index (χ1v) is 9.93. The molecule has 0 aliphatic carbocycles. The van der Waals surface area contributed by atoms with E-state index in [0.717, 1.165) is 19.2 Å². The number of alkyl halides is 3. The number of rotatable bonds is 4. The summed E-state index contributed by atoms with van der Waals surface area (Å²) >= 11 is 0. The van der Waals surface area contributed by atoms with Crippen molar-refractivity contribution in [1.82, 2.24) is 9.03 Å². The highest BCUT2D eigenvalue weighted by atomic mass is 32.2. The van der Waals surface area contributed by atoms with Gasteiger partial charge in [0.1, 0.15) is 11.5 Å². The van der Waals surface area contributed by atoms with Gasteiger partial charge in [-0.25, -0.2) is 9.03 Å². The molecule has 1 heterocycles. The highest BCUT2D eigenvalue weighted by molar-refractivity contribution is 7.88. The first kappa shape index (κ1) is 22.1. The van der Waals surface area contributed by atoms with Gasteiger partial charge in [-0.1, -0.05) is 6.07 Å². The van der Waals surface area contributed by atoms with Crippen molar-refractivity contribution in [3.63, 3.8) is 0 Å². The summed E-state index contributed by atoms with van der Waals surface area (Å²) in [5.74, 6) is -5.36. The fraction of sp³-hybridized carbons (Fsp3) is 0.167. The second-order valence-corrected chi connectivity index (χ2v) is 8.05. The molecule has 0 spiro atoms. The molecule has 0 saturated carbocycles. The molecule has 2 aromatic carbocycles. The highest BCUT2D eigenvalue weighted by Crippen LogP contribution is 2.33. The molecule has 3 rings (SSSR count). The Morgan fingerprint density at radius 2 is 1.74 bits per heavy atom. The Hall–Kier alpha value is -3.61. The van der Waals surface area contributed by atoms with Crippen molar-refractivity contribution < 1.29 is 40.7 Å². The van der Waals surface area contributed by atoms with Crippen LogP contribution in [-0.2, 0) is 30.8 Å². The molecule has 1 aliphatic heterocycles. The molecule has 13 heteroatoms. The van der Waals surface area contributed by atoms with Gasteiger partial charge < -0.3 is 10.1 Å². The van der Waals surface area contributed by atoms with Crippen molar-refractivity contribution in [3.8, 4) is 11.5 Å². The maximum atomic E-state index is 12.8. The molecule has 0 radical (unpaired) electrons. The molecule has 9 nitrogen and oxygen atoms in total. The Kier molecular flexibility index (Phi) is 5.63. The summed E-state index contributed by atoms with van der Waals surface area (Å²) in [6.45, 7) is 0. The smallest absolute Gasteiger partial charge is 0.416 e. The Bertz CT molecular complexity index is 1150. The van der Waals surface area contributed by atoms with Gasteiger partial charge in [0.15, 0.2) is 5.92 Å². The van der Waals surface area contributed by atoms with Crippen LogP contribution in [0.4, 0.5) is 18.9 Å². The molecule has 2 N–H and O–H groups in total. The van der Waals surface area contributed by atoms with Gasteiger partial charge in [0.2, 0.25) is 5.91 Å². The van der Waals surface area contributed by atoms with Crippen LogP contribution in [-0.4, -0.2) is 37.5 Å². The molecule has 1 aliphatic rings. The monoisotopic (exact) mass is 457 g/mol. The Morgan fingerprint density at radius 3 is 2.35 bits per heavy atom. The normalized spacial score (nSPS) is 18.3. The number of carbonyl (C=O) groups is 3. The maximum absolute atomic E-state index is 12.8. The summed E-state index contributed by atoms with van der Waals surface area (Å²) in [5.41, 5.74) is -0.741. The quantitative estimate of drug-likeness (QED) is 0.677. The zero-order chi connectivity index (χ0) is 23.0. The minimum Gasteiger partial charge on any atom is -0.457 e. The van der Waals surface area contributed by atoms with Crippen molar-refractivity contribution in [2.45, 2.75) is 6.18 Å². The van der Waals surface area contributed by atoms with Gasteiger partial charge in [-0.15, -0.1) is 0 Å². The van der Waals surface area contributed by atoms with E-state index in [4.69, 9.17) is 4.74 Å². The van der Waals surface area contributed by atoms with E-state index in [9.17, 15) is 36.0 Å². The number of amides is 3. The topological polar surface area (TPSA) is 122 Å². The lowest BCUT2D eigenvalue weighted by molar-refractivity contribution is -0.144. The number of nitrogens with zero attached hydrogens (tertiary/aromatic N) is 1. The second kappa shape index (κ2) is 7.91. The molecule has 3 amide bonds. The summed E-state index contributed by atoms with van der Waals surface area (Å²) in [6.07, 6.45) is -4.52. The van der Waals surface area contributed by atoms with Gasteiger partial charge in [0.25, 0.3) is 11.8 Å². The van der Waals surface area contributed by atoms with E-state index in [0.29, 0.717) is 0 Å². The van der Waals surface area contributed by atoms with Gasteiger partial charge in [-0.3, -0.25) is 14.4 Å². The SMILES string of the molecule is CN1C(=O)C(C(=O)Nc2ccc(Oc3cccc(C(F)(F)F)c3)cc2)C(=O)NS1(=O)=O. The van der Waals surface area contributed by atoms with E-state index in [1.54, 1.807) is 4.72 Å². The lowest BCUT2D eigenvalue weighted by Gasteiger charge is -2.27. The number of hydrogen-bond acceptors (Lipinski definition) is 6. The third-order valence-electron chi connectivity index (χ3n) is 4.19. The molecule has 1 saturated heterocycles. The Labute approximate surface area is 174 Å². The molecule has 2 aromatic rings. The minimum absolute atomic E-state index is 0.0552. The molecule has 31 heavy (non-hydrogen) atoms. The van der Waals surface area contributed by atoms with Crippen LogP contribution < -0.4 is 14.8 Å². The van der Waals surface area contributed by atoms with Crippen molar-refractivity contribution >= 4 is 33.6 Å². The molecule has 1 fully saturated rings. The van der Waals surface area contributed by atoms with Crippen LogP contribution in [0.5, 0.6) is 11.5 Å². The van der Waals surface area contributed by atoms with Crippen LogP contribution in [0, 0.1) is 5.92 Å². The predicted octanol–water partition coefficient (Wildman–Crippen LogP) is 1.89. The Morgan fingerprint density at radius 1 is 1.10 bits per heavy atom. The number of hydrogen-bond donors (Lipinski definition) is 2. The highest BCUT2D eigenvalue weighted by Gasteiger charge is 2.46. The van der Waals surface area contributed by atoms with Crippen LogP contribution in [0.2, 0.25) is 0 Å². The average molecular weight is 457 g/mol. The summed E-state index contributed by atoms with van der Waals surface area (Å²) < 4.78 is 68.6. The fourth-order valence-corrected chi connectivity index (χ4v) is 3.44. The zero-order valence-corrected chi connectivity index (χ0v) is 16.5. The fourth-order valence-electron chi connectivity index (χ4n) is 2.59. The largest absolute Gasteiger partial charge is 0.457 e. The lowest BCUT2D eigenvalue weighted by atomic mass is 10.1. The third-order valence-corrected chi connectivity index (χ3v) is 5.55. The van der Waals surface area contributed by atoms with Crippen molar-refractivity contribution in [2.75, 3.05) is 12.4 Å². The number of anilines is 1. The minimum atomic E-state index is -4.52. The summed E-state index contributed by atoms with van der Waals surface area (Å²) in [6, 6.07) is 9.59. The number of nitrogens with one attached hydrogen (secondary N) is 2. The summed E-state index contributed by atoms with van der Waals surface area (Å²) in [5, 5.41) is 2.29. The van der Waals surface area contributed by atoms with Crippen molar-refractivity contribution in [1.29, 1.82) is 0 Å². The number of benzene rings is 2. The van der Waals surface area contributed by atoms with Crippen LogP contribution in [0.15, 0.2) is 48.5 Å². The first-order valence-electron chi connectivity index (χ1n) is 8.49. The van der Waals surface area contributed by atoms with Gasteiger partial charge >= 0.3 is 16.4 Å². The van der Waals surface area contributed by atoms with Crippen molar-refractivity contribution in [2.24, 2.45) is 5.92 Å². The van der Waals surface area contributed by atoms with Crippen LogP contribution in [0.3, 0.4) is 0 Å². The van der Waals surface area contributed by atoms with Gasteiger partial charge in [-0.2, -0.15) is 21.6 Å². The van der Waals surface area contributed by atoms with Crippen LogP contribution in [0.25, 0.3) is 0 Å². The molecular weight excluding hydrogens is 443 g/mol. The van der Waals surface area contributed by atoms with E-state index in [1.165, 1.54) is 36.4 Å². The van der Waals surface area contributed by atoms with E-state index in [2.05, 4.69) is 5.32 Å². The molecule has 1 unspecified atom stereocenters. The molecule has 1 atom stereocenters. The average Bonchev–Trinajstić information content (AvgIpc) is 2.67. The standard InChI is InChI=1S/C18H14F3N3O6S/c1-24-17(27)14(16(26)23-31(24,28)29)15(25)22-11-5-7-12(8-6-11)30-13-4-2-3-10(9-13)18(19,20)21/h2-9,14H,1H3,(H,22,25)(H,23,26). The van der Waals surface area contributed by atoms with Gasteiger partial charge in [0, 0.05) is 12.7 Å². The van der Waals surface area contributed by atoms with Crippen molar-refractivity contribution in [3.05, 3.63) is 54.1 Å². The maximum Gasteiger partial charge on any atom is 0.416 e. The second-order valence-electron chi connectivity index (χ2n) is 6.35. The number of carbonyl (C=O) groups excluding carboxylic acids is 3. The van der Waals surface area contributed by atoms with E-state index in [-0.39, 0.29) is 21.5 Å². The van der Waals surface area contributed by atoms with E-state index < -0.39 is 45.6 Å². The molecule has 0 aromatic heterocycles. The zero-order valence-electron chi connectivity index (χ0n) is 15.6. The first-order chi connectivity index (χ1) is 14.4. The van der Waals surface area contributed by atoms with Gasteiger partial charge in [0.05, 0.1) is 5.56 Å². The molecule has 0 bridgehead atoms. The molecular formula is C18H14F3N3O6S. The van der Waals surface area contributed by atoms with E-state index in [1.807, 2.05) is 0 Å². The van der Waals surface area contributed by atoms with Crippen LogP contribution in [0.1, 0.15) is 5.56 Å². The molecule has 164 valence electrons.